The van der Waals surface area contributed by atoms with Crippen LogP contribution in [0.4, 0.5) is 4.39 Å². The van der Waals surface area contributed by atoms with Crippen molar-refractivity contribution in [2.45, 2.75) is 19.4 Å². The van der Waals surface area contributed by atoms with Gasteiger partial charge in [0.1, 0.15) is 0 Å². The molecule has 0 aliphatic rings. The lowest BCUT2D eigenvalue weighted by Gasteiger charge is -2.06. The SMILES string of the molecule is COc1ccc(C(=O)CC(C)N)cc1F. The Bertz CT molecular complexity index is 364. The zero-order valence-corrected chi connectivity index (χ0v) is 8.79. The van der Waals surface area contributed by atoms with Gasteiger partial charge in [-0.05, 0) is 25.1 Å². The Hall–Kier alpha value is -1.42. The highest BCUT2D eigenvalue weighted by Crippen LogP contribution is 2.18. The van der Waals surface area contributed by atoms with E-state index in [9.17, 15) is 9.18 Å². The average Bonchev–Trinajstić information content (AvgIpc) is 2.16. The lowest BCUT2D eigenvalue weighted by Crippen LogP contribution is -2.19. The lowest BCUT2D eigenvalue weighted by atomic mass is 10.0. The van der Waals surface area contributed by atoms with E-state index >= 15 is 0 Å². The predicted molar refractivity (Wildman–Crippen MR) is 55.5 cm³/mol. The largest absolute Gasteiger partial charge is 0.494 e. The number of hydrogen-bond donors (Lipinski definition) is 1. The first kappa shape index (κ1) is 11.7. The fourth-order valence-electron chi connectivity index (χ4n) is 1.25. The van der Waals surface area contributed by atoms with Gasteiger partial charge in [0.15, 0.2) is 17.3 Å². The highest BCUT2D eigenvalue weighted by atomic mass is 19.1. The molecule has 15 heavy (non-hydrogen) atoms. The second kappa shape index (κ2) is 4.89. The summed E-state index contributed by atoms with van der Waals surface area (Å²) in [6.07, 6.45) is 0.214. The summed E-state index contributed by atoms with van der Waals surface area (Å²) in [6, 6.07) is 3.92. The molecule has 1 aromatic rings. The number of nitrogens with two attached hydrogens (primary N) is 1. The Kier molecular flexibility index (Phi) is 3.80. The maximum Gasteiger partial charge on any atom is 0.165 e. The van der Waals surface area contributed by atoms with Crippen molar-refractivity contribution in [2.75, 3.05) is 7.11 Å². The molecule has 2 N–H and O–H groups in total. The van der Waals surface area contributed by atoms with Gasteiger partial charge in [0.25, 0.3) is 0 Å². The molecule has 0 saturated heterocycles. The Morgan fingerprint density at radius 3 is 2.73 bits per heavy atom. The van der Waals surface area contributed by atoms with Gasteiger partial charge in [0.05, 0.1) is 7.11 Å². The average molecular weight is 211 g/mol. The van der Waals surface area contributed by atoms with Crippen LogP contribution in [0.5, 0.6) is 5.75 Å². The summed E-state index contributed by atoms with van der Waals surface area (Å²) in [5, 5.41) is 0. The zero-order chi connectivity index (χ0) is 11.4. The molecule has 1 aromatic carbocycles. The van der Waals surface area contributed by atoms with E-state index in [0.29, 0.717) is 5.56 Å². The monoisotopic (exact) mass is 211 g/mol. The number of ether oxygens (including phenoxy) is 1. The van der Waals surface area contributed by atoms with Crippen LogP contribution in [-0.4, -0.2) is 18.9 Å². The molecule has 1 atom stereocenters. The van der Waals surface area contributed by atoms with Crippen molar-refractivity contribution in [3.8, 4) is 5.75 Å². The second-order valence-corrected chi connectivity index (χ2v) is 3.45. The Morgan fingerprint density at radius 1 is 1.60 bits per heavy atom. The highest BCUT2D eigenvalue weighted by molar-refractivity contribution is 5.96. The van der Waals surface area contributed by atoms with Gasteiger partial charge in [-0.3, -0.25) is 4.79 Å². The first-order chi connectivity index (χ1) is 7.04. The van der Waals surface area contributed by atoms with Crippen molar-refractivity contribution in [3.63, 3.8) is 0 Å². The normalized spacial score (nSPS) is 12.3. The number of Topliss-reactive ketones (excluding diaryl/α,β-unsaturated/α-hetero) is 1. The topological polar surface area (TPSA) is 52.3 Å². The minimum Gasteiger partial charge on any atom is -0.494 e. The summed E-state index contributed by atoms with van der Waals surface area (Å²) in [7, 11) is 1.38. The highest BCUT2D eigenvalue weighted by Gasteiger charge is 2.11. The van der Waals surface area contributed by atoms with Crippen LogP contribution in [0, 0.1) is 5.82 Å². The third-order valence-electron chi connectivity index (χ3n) is 1.98. The molecule has 0 spiro atoms. The Morgan fingerprint density at radius 2 is 2.27 bits per heavy atom. The van der Waals surface area contributed by atoms with E-state index in [2.05, 4.69) is 0 Å². The molecule has 0 aliphatic heterocycles. The number of carbonyl (C=O) groups excluding carboxylic acids is 1. The third kappa shape index (κ3) is 3.02. The van der Waals surface area contributed by atoms with E-state index in [-0.39, 0.29) is 24.0 Å². The Balaban J connectivity index is 2.87. The molecule has 0 radical (unpaired) electrons. The van der Waals surface area contributed by atoms with Crippen molar-refractivity contribution < 1.29 is 13.9 Å². The van der Waals surface area contributed by atoms with Gasteiger partial charge in [-0.2, -0.15) is 0 Å². The maximum absolute atomic E-state index is 13.2. The zero-order valence-electron chi connectivity index (χ0n) is 8.79. The van der Waals surface area contributed by atoms with Gasteiger partial charge in [-0.1, -0.05) is 0 Å². The van der Waals surface area contributed by atoms with Crippen molar-refractivity contribution in [2.24, 2.45) is 5.73 Å². The number of hydrogen-bond acceptors (Lipinski definition) is 3. The first-order valence-electron chi connectivity index (χ1n) is 4.67. The van der Waals surface area contributed by atoms with Crippen LogP contribution in [0.15, 0.2) is 18.2 Å². The van der Waals surface area contributed by atoms with Gasteiger partial charge < -0.3 is 10.5 Å². The van der Waals surface area contributed by atoms with E-state index in [1.807, 2.05) is 0 Å². The minimum atomic E-state index is -0.534. The third-order valence-corrected chi connectivity index (χ3v) is 1.98. The molecule has 1 rings (SSSR count). The number of ketones is 1. The molecular formula is C11H14FNO2. The first-order valence-corrected chi connectivity index (χ1v) is 4.67. The van der Waals surface area contributed by atoms with Crippen LogP contribution in [0.25, 0.3) is 0 Å². The standard InChI is InChI=1S/C11H14FNO2/c1-7(13)5-10(14)8-3-4-11(15-2)9(12)6-8/h3-4,6-7H,5,13H2,1-2H3. The molecule has 0 heterocycles. The molecule has 0 amide bonds. The van der Waals surface area contributed by atoms with Gasteiger partial charge in [0, 0.05) is 18.0 Å². The molecule has 0 saturated carbocycles. The molecule has 1 unspecified atom stereocenters. The van der Waals surface area contributed by atoms with Crippen molar-refractivity contribution in [1.29, 1.82) is 0 Å². The van der Waals surface area contributed by atoms with Gasteiger partial charge in [0.2, 0.25) is 0 Å². The Labute approximate surface area is 88.0 Å². The summed E-state index contributed by atoms with van der Waals surface area (Å²) in [5.74, 6) is -0.563. The van der Waals surface area contributed by atoms with Crippen LogP contribution in [-0.2, 0) is 0 Å². The molecule has 82 valence electrons. The van der Waals surface area contributed by atoms with Gasteiger partial charge in [-0.25, -0.2) is 4.39 Å². The molecule has 0 aliphatic carbocycles. The number of halogens is 1. The minimum absolute atomic E-state index is 0.132. The van der Waals surface area contributed by atoms with E-state index < -0.39 is 5.82 Å². The summed E-state index contributed by atoms with van der Waals surface area (Å²) >= 11 is 0. The quantitative estimate of drug-likeness (QED) is 0.772. The summed E-state index contributed by atoms with van der Waals surface area (Å²) in [5.41, 5.74) is 5.81. The fraction of sp³-hybridized carbons (Fsp3) is 0.364. The molecular weight excluding hydrogens is 197 g/mol. The number of benzene rings is 1. The van der Waals surface area contributed by atoms with Crippen molar-refractivity contribution >= 4 is 5.78 Å². The summed E-state index contributed by atoms with van der Waals surface area (Å²) in [4.78, 5) is 11.5. The smallest absolute Gasteiger partial charge is 0.165 e. The molecule has 3 nitrogen and oxygen atoms in total. The van der Waals surface area contributed by atoms with E-state index in [1.165, 1.54) is 25.3 Å². The predicted octanol–water partition coefficient (Wildman–Crippen LogP) is 1.75. The number of methoxy groups -OCH3 is 1. The molecule has 0 bridgehead atoms. The van der Waals surface area contributed by atoms with E-state index in [1.54, 1.807) is 6.92 Å². The second-order valence-electron chi connectivity index (χ2n) is 3.45. The van der Waals surface area contributed by atoms with Crippen molar-refractivity contribution in [1.82, 2.24) is 0 Å². The number of rotatable bonds is 4. The van der Waals surface area contributed by atoms with Crippen LogP contribution in [0.1, 0.15) is 23.7 Å². The van der Waals surface area contributed by atoms with Crippen LogP contribution in [0.2, 0.25) is 0 Å². The van der Waals surface area contributed by atoms with Crippen LogP contribution in [0.3, 0.4) is 0 Å². The fourth-order valence-corrected chi connectivity index (χ4v) is 1.25. The van der Waals surface area contributed by atoms with Crippen LogP contribution < -0.4 is 10.5 Å². The van der Waals surface area contributed by atoms with E-state index in [4.69, 9.17) is 10.5 Å². The van der Waals surface area contributed by atoms with Crippen LogP contribution >= 0.6 is 0 Å². The molecule has 4 heteroatoms. The van der Waals surface area contributed by atoms with Gasteiger partial charge in [-0.15, -0.1) is 0 Å². The van der Waals surface area contributed by atoms with E-state index in [0.717, 1.165) is 0 Å². The summed E-state index contributed by atoms with van der Waals surface area (Å²) < 4.78 is 18.0. The van der Waals surface area contributed by atoms with Gasteiger partial charge >= 0.3 is 0 Å². The summed E-state index contributed by atoms with van der Waals surface area (Å²) in [6.45, 7) is 1.73. The van der Waals surface area contributed by atoms with Crippen molar-refractivity contribution in [3.05, 3.63) is 29.6 Å². The number of carbonyl (C=O) groups is 1. The molecule has 0 aromatic heterocycles. The lowest BCUT2D eigenvalue weighted by molar-refractivity contribution is 0.0976. The molecule has 0 fully saturated rings. The maximum atomic E-state index is 13.2.